The number of ether oxygens (including phenoxy) is 1. The fourth-order valence-electron chi connectivity index (χ4n) is 1.86. The zero-order chi connectivity index (χ0) is 17.5. The minimum absolute atomic E-state index is 0.145. The average Bonchev–Trinajstić information content (AvgIpc) is 2.58. The number of carbonyl (C=O) groups excluding carboxylic acids is 2. The number of hydrogen-bond acceptors (Lipinski definition) is 3. The van der Waals surface area contributed by atoms with Crippen LogP contribution in [0.1, 0.15) is 6.92 Å². The first-order chi connectivity index (χ1) is 11.5. The van der Waals surface area contributed by atoms with Crippen LogP contribution in [0.25, 0.3) is 0 Å². The molecule has 24 heavy (non-hydrogen) atoms. The molecule has 0 heterocycles. The molecule has 7 heteroatoms. The van der Waals surface area contributed by atoms with Crippen LogP contribution < -0.4 is 15.4 Å². The second-order valence-corrected chi connectivity index (χ2v) is 5.91. The molecule has 0 fully saturated rings. The number of amides is 2. The van der Waals surface area contributed by atoms with Crippen molar-refractivity contribution >= 4 is 50.7 Å². The van der Waals surface area contributed by atoms with Gasteiger partial charge in [0.05, 0.1) is 10.4 Å². The van der Waals surface area contributed by atoms with E-state index in [1.807, 2.05) is 0 Å². The number of anilines is 2. The molecular formula is C17H16BrClN2O3. The van der Waals surface area contributed by atoms with Crippen LogP contribution in [0, 0.1) is 0 Å². The minimum atomic E-state index is -0.710. The van der Waals surface area contributed by atoms with E-state index in [1.165, 1.54) is 0 Å². The summed E-state index contributed by atoms with van der Waals surface area (Å²) in [6, 6.07) is 13.8. The van der Waals surface area contributed by atoms with Gasteiger partial charge in [-0.15, -0.1) is 0 Å². The van der Waals surface area contributed by atoms with Gasteiger partial charge in [0.2, 0.25) is 5.91 Å². The number of halogens is 2. The molecule has 2 amide bonds. The first kappa shape index (κ1) is 18.3. The molecule has 126 valence electrons. The number of benzene rings is 2. The predicted octanol–water partition coefficient (Wildman–Crippen LogP) is 4.08. The number of hydrogen-bond donors (Lipinski definition) is 2. The molecule has 2 aromatic rings. The van der Waals surface area contributed by atoms with Crippen LogP contribution in [0.4, 0.5) is 11.4 Å². The van der Waals surface area contributed by atoms with Crippen LogP contribution in [0.3, 0.4) is 0 Å². The Balaban J connectivity index is 1.94. The Hall–Kier alpha value is -2.05. The molecule has 0 aromatic heterocycles. The highest BCUT2D eigenvalue weighted by Gasteiger charge is 2.16. The summed E-state index contributed by atoms with van der Waals surface area (Å²) in [6.45, 7) is 1.64. The number of carbonyl (C=O) groups is 2. The van der Waals surface area contributed by atoms with Crippen molar-refractivity contribution in [2.24, 2.45) is 0 Å². The van der Waals surface area contributed by atoms with Crippen LogP contribution in [-0.4, -0.2) is 23.2 Å². The van der Waals surface area contributed by atoms with Gasteiger partial charge in [0.25, 0.3) is 5.91 Å². The van der Waals surface area contributed by atoms with Crippen molar-refractivity contribution in [3.05, 3.63) is 53.6 Å². The van der Waals surface area contributed by atoms with Crippen molar-refractivity contribution < 1.29 is 14.3 Å². The summed E-state index contributed by atoms with van der Waals surface area (Å²) in [5, 5.41) is 6.12. The summed E-state index contributed by atoms with van der Waals surface area (Å²) < 4.78 is 5.56. The van der Waals surface area contributed by atoms with Crippen LogP contribution in [0.5, 0.6) is 5.75 Å². The lowest BCUT2D eigenvalue weighted by atomic mass is 10.2. The molecule has 5 nitrogen and oxygen atoms in total. The second-order valence-electron chi connectivity index (χ2n) is 4.94. The van der Waals surface area contributed by atoms with Gasteiger partial charge in [0.15, 0.2) is 6.10 Å². The van der Waals surface area contributed by atoms with Gasteiger partial charge >= 0.3 is 0 Å². The molecule has 2 rings (SSSR count). The molecule has 2 N–H and O–H groups in total. The van der Waals surface area contributed by atoms with Crippen molar-refractivity contribution in [2.75, 3.05) is 16.0 Å². The van der Waals surface area contributed by atoms with Gasteiger partial charge < -0.3 is 15.4 Å². The Bertz CT molecular complexity index is 722. The molecular weight excluding hydrogens is 396 g/mol. The minimum Gasteiger partial charge on any atom is -0.479 e. The molecule has 0 bridgehead atoms. The zero-order valence-electron chi connectivity index (χ0n) is 12.9. The molecule has 2 aromatic carbocycles. The van der Waals surface area contributed by atoms with Crippen LogP contribution >= 0.6 is 27.5 Å². The number of alkyl halides is 1. The lowest BCUT2D eigenvalue weighted by molar-refractivity contribution is -0.122. The van der Waals surface area contributed by atoms with Gasteiger partial charge in [0, 0.05) is 11.4 Å². The summed E-state index contributed by atoms with van der Waals surface area (Å²) in [5.41, 5.74) is 1.25. The second kappa shape index (κ2) is 8.70. The molecule has 0 aliphatic carbocycles. The monoisotopic (exact) mass is 410 g/mol. The van der Waals surface area contributed by atoms with E-state index in [0.29, 0.717) is 22.1 Å². The maximum absolute atomic E-state index is 12.2. The first-order valence-corrected chi connectivity index (χ1v) is 8.67. The third kappa shape index (κ3) is 5.25. The molecule has 0 unspecified atom stereocenters. The van der Waals surface area contributed by atoms with Gasteiger partial charge in [-0.1, -0.05) is 39.7 Å². The summed E-state index contributed by atoms with van der Waals surface area (Å²) in [5.74, 6) is 0.00959. The summed E-state index contributed by atoms with van der Waals surface area (Å²) in [4.78, 5) is 23.5. The molecule has 1 atom stereocenters. The highest BCUT2D eigenvalue weighted by atomic mass is 79.9. The Morgan fingerprint density at radius 1 is 1.08 bits per heavy atom. The Morgan fingerprint density at radius 3 is 2.25 bits per heavy atom. The van der Waals surface area contributed by atoms with Crippen LogP contribution in [-0.2, 0) is 9.59 Å². The summed E-state index contributed by atoms with van der Waals surface area (Å²) in [7, 11) is 0. The quantitative estimate of drug-likeness (QED) is 0.704. The Labute approximate surface area is 153 Å². The maximum atomic E-state index is 12.2. The van der Waals surface area contributed by atoms with Crippen molar-refractivity contribution in [1.82, 2.24) is 0 Å². The van der Waals surface area contributed by atoms with Gasteiger partial charge in [-0.05, 0) is 43.3 Å². The van der Waals surface area contributed by atoms with Gasteiger partial charge in [-0.3, -0.25) is 9.59 Å². The van der Waals surface area contributed by atoms with E-state index in [2.05, 4.69) is 26.6 Å². The summed E-state index contributed by atoms with van der Waals surface area (Å²) in [6.07, 6.45) is -0.710. The third-order valence-electron chi connectivity index (χ3n) is 3.07. The van der Waals surface area contributed by atoms with Gasteiger partial charge in [0.1, 0.15) is 5.75 Å². The van der Waals surface area contributed by atoms with Crippen LogP contribution in [0.15, 0.2) is 48.5 Å². The Morgan fingerprint density at radius 2 is 1.67 bits per heavy atom. The fourth-order valence-corrected chi connectivity index (χ4v) is 2.18. The van der Waals surface area contributed by atoms with E-state index in [1.54, 1.807) is 55.5 Å². The molecule has 0 saturated carbocycles. The lowest BCUT2D eigenvalue weighted by Gasteiger charge is -2.15. The predicted molar refractivity (Wildman–Crippen MR) is 99.0 cm³/mol. The van der Waals surface area contributed by atoms with E-state index < -0.39 is 6.10 Å². The fraction of sp³-hybridized carbons (Fsp3) is 0.176. The first-order valence-electron chi connectivity index (χ1n) is 7.17. The average molecular weight is 412 g/mol. The van der Waals surface area contributed by atoms with Gasteiger partial charge in [-0.25, -0.2) is 0 Å². The summed E-state index contributed by atoms with van der Waals surface area (Å²) >= 11 is 9.08. The van der Waals surface area contributed by atoms with E-state index >= 15 is 0 Å². The van der Waals surface area contributed by atoms with E-state index in [9.17, 15) is 9.59 Å². The highest BCUT2D eigenvalue weighted by molar-refractivity contribution is 9.09. The SMILES string of the molecule is C[C@@H](Oc1ccccc1Cl)C(=O)Nc1ccc(NC(=O)CBr)cc1. The standard InChI is InChI=1S/C17H16BrClN2O3/c1-11(24-15-5-3-2-4-14(15)19)17(23)21-13-8-6-12(7-9-13)20-16(22)10-18/h2-9,11H,10H2,1H3,(H,20,22)(H,21,23)/t11-/m1/s1. The van der Waals surface area contributed by atoms with E-state index in [-0.39, 0.29) is 17.1 Å². The van der Waals surface area contributed by atoms with Crippen molar-refractivity contribution in [2.45, 2.75) is 13.0 Å². The molecule has 0 saturated heterocycles. The zero-order valence-corrected chi connectivity index (χ0v) is 15.2. The van der Waals surface area contributed by atoms with Crippen LogP contribution in [0.2, 0.25) is 5.02 Å². The van der Waals surface area contributed by atoms with Crippen molar-refractivity contribution in [3.63, 3.8) is 0 Å². The van der Waals surface area contributed by atoms with E-state index in [0.717, 1.165) is 0 Å². The smallest absolute Gasteiger partial charge is 0.265 e. The largest absolute Gasteiger partial charge is 0.479 e. The third-order valence-corrected chi connectivity index (χ3v) is 3.89. The molecule has 0 aliphatic heterocycles. The number of nitrogens with one attached hydrogen (secondary N) is 2. The normalized spacial score (nSPS) is 11.5. The van der Waals surface area contributed by atoms with E-state index in [4.69, 9.17) is 16.3 Å². The van der Waals surface area contributed by atoms with Crippen molar-refractivity contribution in [3.8, 4) is 5.75 Å². The number of rotatable bonds is 6. The molecule has 0 aliphatic rings. The molecule has 0 spiro atoms. The topological polar surface area (TPSA) is 67.4 Å². The van der Waals surface area contributed by atoms with Crippen molar-refractivity contribution in [1.29, 1.82) is 0 Å². The number of para-hydroxylation sites is 1. The lowest BCUT2D eigenvalue weighted by Crippen LogP contribution is -2.30. The Kier molecular flexibility index (Phi) is 6.63. The highest BCUT2D eigenvalue weighted by Crippen LogP contribution is 2.24. The maximum Gasteiger partial charge on any atom is 0.265 e. The molecule has 0 radical (unpaired) electrons. The van der Waals surface area contributed by atoms with Gasteiger partial charge in [-0.2, -0.15) is 0 Å².